The standard InChI is InChI=1S/C14H19NO6/c1-8(16)15-6-5-11(17)13(18)9-3-4-12(21-2)10(7-9)14(19)20/h3-4,7,11,13,17-18H,5-6H2,1-2H3,(H,15,16)(H,19,20). The van der Waals surface area contributed by atoms with Gasteiger partial charge in [-0.05, 0) is 24.1 Å². The molecule has 0 aliphatic carbocycles. The smallest absolute Gasteiger partial charge is 0.339 e. The summed E-state index contributed by atoms with van der Waals surface area (Å²) in [4.78, 5) is 21.8. The summed E-state index contributed by atoms with van der Waals surface area (Å²) in [5.74, 6) is -1.24. The zero-order chi connectivity index (χ0) is 16.0. The molecule has 0 aromatic heterocycles. The number of aromatic carboxylic acids is 1. The third kappa shape index (κ3) is 4.73. The van der Waals surface area contributed by atoms with Gasteiger partial charge < -0.3 is 25.4 Å². The maximum Gasteiger partial charge on any atom is 0.339 e. The molecule has 0 aliphatic rings. The van der Waals surface area contributed by atoms with Gasteiger partial charge in [-0.1, -0.05) is 6.07 Å². The number of nitrogens with one attached hydrogen (secondary N) is 1. The van der Waals surface area contributed by atoms with E-state index in [2.05, 4.69) is 5.32 Å². The lowest BCUT2D eigenvalue weighted by atomic mass is 9.99. The van der Waals surface area contributed by atoms with Gasteiger partial charge in [0.1, 0.15) is 17.4 Å². The summed E-state index contributed by atoms with van der Waals surface area (Å²) in [5.41, 5.74) is 0.173. The molecule has 2 unspecified atom stereocenters. The van der Waals surface area contributed by atoms with Crippen LogP contribution in [0.1, 0.15) is 35.4 Å². The van der Waals surface area contributed by atoms with E-state index in [4.69, 9.17) is 9.84 Å². The van der Waals surface area contributed by atoms with Gasteiger partial charge in [0.15, 0.2) is 0 Å². The average molecular weight is 297 g/mol. The van der Waals surface area contributed by atoms with E-state index in [9.17, 15) is 19.8 Å². The Bertz CT molecular complexity index is 516. The lowest BCUT2D eigenvalue weighted by Crippen LogP contribution is -2.27. The van der Waals surface area contributed by atoms with Crippen molar-refractivity contribution in [2.75, 3.05) is 13.7 Å². The Morgan fingerprint density at radius 1 is 1.33 bits per heavy atom. The molecule has 1 aromatic carbocycles. The Hall–Kier alpha value is -2.12. The van der Waals surface area contributed by atoms with E-state index >= 15 is 0 Å². The molecule has 21 heavy (non-hydrogen) atoms. The molecular weight excluding hydrogens is 278 g/mol. The van der Waals surface area contributed by atoms with E-state index in [-0.39, 0.29) is 35.7 Å². The molecule has 2 atom stereocenters. The maximum absolute atomic E-state index is 11.1. The van der Waals surface area contributed by atoms with Crippen LogP contribution in [-0.4, -0.2) is 47.0 Å². The fourth-order valence-electron chi connectivity index (χ4n) is 1.85. The second-order valence-electron chi connectivity index (χ2n) is 4.55. The molecule has 0 fully saturated rings. The summed E-state index contributed by atoms with van der Waals surface area (Å²) in [6.45, 7) is 1.57. The third-order valence-corrected chi connectivity index (χ3v) is 2.97. The molecule has 0 aliphatic heterocycles. The van der Waals surface area contributed by atoms with Gasteiger partial charge in [-0.25, -0.2) is 4.79 Å². The molecule has 7 heteroatoms. The quantitative estimate of drug-likeness (QED) is 0.576. The fourth-order valence-corrected chi connectivity index (χ4v) is 1.85. The van der Waals surface area contributed by atoms with Gasteiger partial charge in [0.2, 0.25) is 5.91 Å². The largest absolute Gasteiger partial charge is 0.496 e. The third-order valence-electron chi connectivity index (χ3n) is 2.97. The van der Waals surface area contributed by atoms with Crippen LogP contribution in [0.2, 0.25) is 0 Å². The van der Waals surface area contributed by atoms with Crippen molar-refractivity contribution in [2.45, 2.75) is 25.6 Å². The Morgan fingerprint density at radius 2 is 2.00 bits per heavy atom. The van der Waals surface area contributed by atoms with Gasteiger partial charge in [-0.3, -0.25) is 4.79 Å². The van der Waals surface area contributed by atoms with Crippen molar-refractivity contribution in [2.24, 2.45) is 0 Å². The number of aliphatic hydroxyl groups excluding tert-OH is 2. The van der Waals surface area contributed by atoms with Gasteiger partial charge in [0, 0.05) is 13.5 Å². The summed E-state index contributed by atoms with van der Waals surface area (Å²) in [5, 5.41) is 31.5. The first-order valence-electron chi connectivity index (χ1n) is 6.38. The number of methoxy groups -OCH3 is 1. The molecule has 1 aromatic rings. The highest BCUT2D eigenvalue weighted by Gasteiger charge is 2.21. The van der Waals surface area contributed by atoms with Gasteiger partial charge in [0.25, 0.3) is 0 Å². The van der Waals surface area contributed by atoms with Crippen molar-refractivity contribution >= 4 is 11.9 Å². The van der Waals surface area contributed by atoms with Gasteiger partial charge in [-0.15, -0.1) is 0 Å². The molecule has 1 rings (SSSR count). The topological polar surface area (TPSA) is 116 Å². The molecule has 0 heterocycles. The Kier molecular flexibility index (Phi) is 6.13. The van der Waals surface area contributed by atoms with Crippen LogP contribution in [0.3, 0.4) is 0 Å². The molecule has 0 saturated heterocycles. The Balaban J connectivity index is 2.81. The van der Waals surface area contributed by atoms with E-state index in [1.165, 1.54) is 32.2 Å². The van der Waals surface area contributed by atoms with Gasteiger partial charge >= 0.3 is 5.97 Å². The lowest BCUT2D eigenvalue weighted by molar-refractivity contribution is -0.119. The van der Waals surface area contributed by atoms with Crippen molar-refractivity contribution < 1.29 is 29.6 Å². The molecule has 0 saturated carbocycles. The molecule has 0 radical (unpaired) electrons. The number of carboxylic acid groups (broad SMARTS) is 1. The number of rotatable bonds is 7. The summed E-state index contributed by atoms with van der Waals surface area (Å²) < 4.78 is 4.92. The summed E-state index contributed by atoms with van der Waals surface area (Å²) >= 11 is 0. The minimum Gasteiger partial charge on any atom is -0.496 e. The molecule has 0 bridgehead atoms. The van der Waals surface area contributed by atoms with E-state index in [1.807, 2.05) is 0 Å². The predicted octanol–water partition coefficient (Wildman–Crippen LogP) is 0.314. The first-order valence-corrected chi connectivity index (χ1v) is 6.38. The highest BCUT2D eigenvalue weighted by atomic mass is 16.5. The summed E-state index contributed by atoms with van der Waals surface area (Å²) in [6.07, 6.45) is -2.22. The van der Waals surface area contributed by atoms with Crippen LogP contribution in [0.25, 0.3) is 0 Å². The highest BCUT2D eigenvalue weighted by molar-refractivity contribution is 5.91. The van der Waals surface area contributed by atoms with Crippen LogP contribution in [0.15, 0.2) is 18.2 Å². The van der Waals surface area contributed by atoms with Crippen molar-refractivity contribution in [3.8, 4) is 5.75 Å². The van der Waals surface area contributed by atoms with Crippen LogP contribution >= 0.6 is 0 Å². The molecule has 116 valence electrons. The zero-order valence-corrected chi connectivity index (χ0v) is 11.9. The number of carboxylic acids is 1. The normalized spacial score (nSPS) is 13.3. The number of amides is 1. The Labute approximate surface area is 122 Å². The Morgan fingerprint density at radius 3 is 2.52 bits per heavy atom. The van der Waals surface area contributed by atoms with E-state index in [0.29, 0.717) is 0 Å². The number of hydrogen-bond donors (Lipinski definition) is 4. The molecule has 0 spiro atoms. The van der Waals surface area contributed by atoms with Crippen LogP contribution in [0.4, 0.5) is 0 Å². The zero-order valence-electron chi connectivity index (χ0n) is 11.9. The minimum absolute atomic E-state index is 0.0943. The molecular formula is C14H19NO6. The first-order chi connectivity index (χ1) is 9.86. The summed E-state index contributed by atoms with van der Waals surface area (Å²) in [6, 6.07) is 4.16. The van der Waals surface area contributed by atoms with Crippen molar-refractivity contribution in [3.05, 3.63) is 29.3 Å². The fraction of sp³-hybridized carbons (Fsp3) is 0.429. The van der Waals surface area contributed by atoms with Crippen molar-refractivity contribution in [3.63, 3.8) is 0 Å². The number of carbonyl (C=O) groups excluding carboxylic acids is 1. The monoisotopic (exact) mass is 297 g/mol. The van der Waals surface area contributed by atoms with Crippen molar-refractivity contribution in [1.29, 1.82) is 0 Å². The van der Waals surface area contributed by atoms with Gasteiger partial charge in [0.05, 0.1) is 13.2 Å². The van der Waals surface area contributed by atoms with E-state index in [1.54, 1.807) is 0 Å². The van der Waals surface area contributed by atoms with Crippen LogP contribution in [0, 0.1) is 0 Å². The van der Waals surface area contributed by atoms with E-state index < -0.39 is 18.2 Å². The number of benzene rings is 1. The minimum atomic E-state index is -1.25. The number of hydrogen-bond acceptors (Lipinski definition) is 5. The molecule has 1 amide bonds. The van der Waals surface area contributed by atoms with Gasteiger partial charge in [-0.2, -0.15) is 0 Å². The lowest BCUT2D eigenvalue weighted by Gasteiger charge is -2.19. The van der Waals surface area contributed by atoms with Crippen LogP contribution < -0.4 is 10.1 Å². The van der Waals surface area contributed by atoms with Crippen molar-refractivity contribution in [1.82, 2.24) is 5.32 Å². The second kappa shape index (κ2) is 7.61. The average Bonchev–Trinajstić information content (AvgIpc) is 2.45. The molecule has 4 N–H and O–H groups in total. The summed E-state index contributed by atoms with van der Waals surface area (Å²) in [7, 11) is 1.35. The number of aliphatic hydroxyl groups is 2. The predicted molar refractivity (Wildman–Crippen MR) is 74.2 cm³/mol. The number of carbonyl (C=O) groups is 2. The highest BCUT2D eigenvalue weighted by Crippen LogP contribution is 2.25. The SMILES string of the molecule is COc1ccc(C(O)C(O)CCNC(C)=O)cc1C(=O)O. The molecule has 7 nitrogen and oxygen atoms in total. The van der Waals surface area contributed by atoms with E-state index in [0.717, 1.165) is 0 Å². The maximum atomic E-state index is 11.1. The first kappa shape index (κ1) is 16.9. The van der Waals surface area contributed by atoms with Crippen LogP contribution in [-0.2, 0) is 4.79 Å². The number of ether oxygens (including phenoxy) is 1. The van der Waals surface area contributed by atoms with Crippen LogP contribution in [0.5, 0.6) is 5.75 Å². The second-order valence-corrected chi connectivity index (χ2v) is 4.55.